The normalized spacial score (nSPS) is 36.1. The lowest BCUT2D eigenvalue weighted by molar-refractivity contribution is -0.158. The van der Waals surface area contributed by atoms with Crippen LogP contribution in [-0.2, 0) is 9.47 Å². The van der Waals surface area contributed by atoms with Crippen molar-refractivity contribution in [2.75, 3.05) is 19.8 Å². The van der Waals surface area contributed by atoms with E-state index < -0.39 is 0 Å². The minimum absolute atomic E-state index is 0.366. The molecule has 3 heteroatoms. The summed E-state index contributed by atoms with van der Waals surface area (Å²) in [6.07, 6.45) is 12.5. The fraction of sp³-hybridized carbons (Fsp3) is 1.00. The second-order valence-corrected chi connectivity index (χ2v) is 6.99. The van der Waals surface area contributed by atoms with Crippen molar-refractivity contribution in [3.8, 4) is 0 Å². The number of hydrogen-bond acceptors (Lipinski definition) is 3. The first-order valence-corrected chi connectivity index (χ1v) is 8.82. The first kappa shape index (κ1) is 14.8. The zero-order valence-corrected chi connectivity index (χ0v) is 13.0. The Bertz CT molecular complexity index is 295. The fourth-order valence-corrected chi connectivity index (χ4v) is 4.45. The van der Waals surface area contributed by atoms with Gasteiger partial charge in [-0.05, 0) is 51.5 Å². The van der Waals surface area contributed by atoms with Gasteiger partial charge in [-0.3, -0.25) is 0 Å². The Kier molecular flexibility index (Phi) is 5.00. The van der Waals surface area contributed by atoms with E-state index in [1.807, 2.05) is 0 Å². The lowest BCUT2D eigenvalue weighted by Gasteiger charge is -2.54. The molecule has 1 heterocycles. The largest absolute Gasteiger partial charge is 0.376 e. The molecule has 3 atom stereocenters. The molecular weight excluding hydrogens is 250 g/mol. The molecule has 3 aliphatic rings. The maximum absolute atomic E-state index is 6.30. The highest BCUT2D eigenvalue weighted by Crippen LogP contribution is 2.54. The monoisotopic (exact) mass is 281 g/mol. The molecule has 2 saturated carbocycles. The molecule has 2 aliphatic carbocycles. The van der Waals surface area contributed by atoms with Crippen molar-refractivity contribution in [2.24, 2.45) is 5.41 Å². The van der Waals surface area contributed by atoms with Crippen molar-refractivity contribution < 1.29 is 9.47 Å². The van der Waals surface area contributed by atoms with E-state index in [9.17, 15) is 0 Å². The third-order valence-electron chi connectivity index (χ3n) is 5.72. The van der Waals surface area contributed by atoms with E-state index in [0.29, 0.717) is 23.7 Å². The Morgan fingerprint density at radius 1 is 1.20 bits per heavy atom. The summed E-state index contributed by atoms with van der Waals surface area (Å²) in [5.41, 5.74) is 0.462. The van der Waals surface area contributed by atoms with E-state index in [1.54, 1.807) is 0 Å². The van der Waals surface area contributed by atoms with Crippen LogP contribution in [0.25, 0.3) is 0 Å². The van der Waals surface area contributed by atoms with Crippen LogP contribution >= 0.6 is 0 Å². The first-order chi connectivity index (χ1) is 9.85. The summed E-state index contributed by atoms with van der Waals surface area (Å²) < 4.78 is 12.1. The summed E-state index contributed by atoms with van der Waals surface area (Å²) in [5.74, 6) is 0. The highest BCUT2D eigenvalue weighted by Gasteiger charge is 2.56. The van der Waals surface area contributed by atoms with Gasteiger partial charge in [-0.1, -0.05) is 19.8 Å². The van der Waals surface area contributed by atoms with Crippen LogP contribution < -0.4 is 5.32 Å². The van der Waals surface area contributed by atoms with Gasteiger partial charge in [-0.25, -0.2) is 0 Å². The summed E-state index contributed by atoms with van der Waals surface area (Å²) in [5, 5.41) is 3.76. The minimum Gasteiger partial charge on any atom is -0.376 e. The predicted octanol–water partition coefficient (Wildman–Crippen LogP) is 3.27. The van der Waals surface area contributed by atoms with Gasteiger partial charge in [0.25, 0.3) is 0 Å². The first-order valence-electron chi connectivity index (χ1n) is 8.82. The summed E-state index contributed by atoms with van der Waals surface area (Å²) >= 11 is 0. The van der Waals surface area contributed by atoms with Gasteiger partial charge in [0.2, 0.25) is 0 Å². The van der Waals surface area contributed by atoms with Gasteiger partial charge in [0.15, 0.2) is 0 Å². The Hall–Kier alpha value is -0.120. The molecule has 0 aromatic heterocycles. The molecule has 116 valence electrons. The zero-order valence-electron chi connectivity index (χ0n) is 13.0. The second kappa shape index (κ2) is 6.76. The van der Waals surface area contributed by atoms with E-state index >= 15 is 0 Å². The van der Waals surface area contributed by atoms with Crippen LogP contribution in [0.3, 0.4) is 0 Å². The Balaban J connectivity index is 1.49. The molecule has 3 fully saturated rings. The van der Waals surface area contributed by atoms with Gasteiger partial charge in [0, 0.05) is 18.1 Å². The predicted molar refractivity (Wildman–Crippen MR) is 80.9 cm³/mol. The van der Waals surface area contributed by atoms with Crippen LogP contribution in [0.1, 0.15) is 64.7 Å². The molecule has 0 radical (unpaired) electrons. The molecule has 0 amide bonds. The molecule has 20 heavy (non-hydrogen) atoms. The van der Waals surface area contributed by atoms with Crippen LogP contribution in [0.2, 0.25) is 0 Å². The Labute approximate surface area is 123 Å². The second-order valence-electron chi connectivity index (χ2n) is 6.99. The SMILES string of the molecule is CCCNC1CC(OCC2CCCCO2)C12CCCC2. The van der Waals surface area contributed by atoms with Gasteiger partial charge in [-0.2, -0.15) is 0 Å². The van der Waals surface area contributed by atoms with Gasteiger partial charge in [0.1, 0.15) is 0 Å². The van der Waals surface area contributed by atoms with Gasteiger partial charge in [-0.15, -0.1) is 0 Å². The summed E-state index contributed by atoms with van der Waals surface area (Å²) in [7, 11) is 0. The number of rotatable bonds is 6. The molecule has 1 spiro atoms. The quantitative estimate of drug-likeness (QED) is 0.810. The number of nitrogens with one attached hydrogen (secondary N) is 1. The van der Waals surface area contributed by atoms with Crippen molar-refractivity contribution in [3.05, 3.63) is 0 Å². The van der Waals surface area contributed by atoms with E-state index in [-0.39, 0.29) is 0 Å². The fourth-order valence-electron chi connectivity index (χ4n) is 4.45. The molecular formula is C17H31NO2. The minimum atomic E-state index is 0.366. The Morgan fingerprint density at radius 2 is 2.05 bits per heavy atom. The molecule has 0 aromatic carbocycles. The maximum Gasteiger partial charge on any atom is 0.0808 e. The highest BCUT2D eigenvalue weighted by molar-refractivity contribution is 5.10. The third-order valence-corrected chi connectivity index (χ3v) is 5.72. The van der Waals surface area contributed by atoms with Crippen molar-refractivity contribution in [2.45, 2.75) is 83.0 Å². The van der Waals surface area contributed by atoms with Crippen molar-refractivity contribution in [1.82, 2.24) is 5.32 Å². The van der Waals surface area contributed by atoms with Crippen LogP contribution in [-0.4, -0.2) is 38.0 Å². The van der Waals surface area contributed by atoms with Crippen LogP contribution in [0.15, 0.2) is 0 Å². The lowest BCUT2D eigenvalue weighted by Crippen LogP contribution is -2.63. The highest BCUT2D eigenvalue weighted by atomic mass is 16.5. The molecule has 0 aromatic rings. The van der Waals surface area contributed by atoms with Gasteiger partial charge < -0.3 is 14.8 Å². The lowest BCUT2D eigenvalue weighted by atomic mass is 9.60. The maximum atomic E-state index is 6.30. The molecule has 1 saturated heterocycles. The van der Waals surface area contributed by atoms with Crippen LogP contribution in [0.5, 0.6) is 0 Å². The average Bonchev–Trinajstić information content (AvgIpc) is 2.99. The molecule has 3 unspecified atom stereocenters. The van der Waals surface area contributed by atoms with Gasteiger partial charge in [0.05, 0.1) is 18.8 Å². The van der Waals surface area contributed by atoms with Crippen molar-refractivity contribution >= 4 is 0 Å². The zero-order chi connectivity index (χ0) is 13.8. The molecule has 0 bridgehead atoms. The van der Waals surface area contributed by atoms with E-state index in [4.69, 9.17) is 9.47 Å². The number of hydrogen-bond donors (Lipinski definition) is 1. The summed E-state index contributed by atoms with van der Waals surface area (Å²) in [6.45, 7) is 5.17. The molecule has 1 aliphatic heterocycles. The number of ether oxygens (including phenoxy) is 2. The average molecular weight is 281 g/mol. The van der Waals surface area contributed by atoms with Crippen molar-refractivity contribution in [3.63, 3.8) is 0 Å². The van der Waals surface area contributed by atoms with Crippen LogP contribution in [0, 0.1) is 5.41 Å². The smallest absolute Gasteiger partial charge is 0.0808 e. The molecule has 3 nitrogen and oxygen atoms in total. The molecule has 3 rings (SSSR count). The summed E-state index contributed by atoms with van der Waals surface area (Å²) in [6, 6.07) is 0.710. The van der Waals surface area contributed by atoms with E-state index in [2.05, 4.69) is 12.2 Å². The molecule has 1 N–H and O–H groups in total. The summed E-state index contributed by atoms with van der Waals surface area (Å²) in [4.78, 5) is 0. The van der Waals surface area contributed by atoms with Crippen molar-refractivity contribution in [1.29, 1.82) is 0 Å². The third kappa shape index (κ3) is 2.90. The standard InChI is InChI=1S/C17H31NO2/c1-2-10-18-15-12-16(17(15)8-4-5-9-17)20-13-14-7-3-6-11-19-14/h14-16,18H,2-13H2,1H3. The van der Waals surface area contributed by atoms with E-state index in [1.165, 1.54) is 57.8 Å². The topological polar surface area (TPSA) is 30.5 Å². The van der Waals surface area contributed by atoms with E-state index in [0.717, 1.165) is 19.8 Å². The van der Waals surface area contributed by atoms with Gasteiger partial charge >= 0.3 is 0 Å². The Morgan fingerprint density at radius 3 is 2.75 bits per heavy atom. The van der Waals surface area contributed by atoms with Crippen LogP contribution in [0.4, 0.5) is 0 Å².